The molecule has 0 unspecified atom stereocenters. The summed E-state index contributed by atoms with van der Waals surface area (Å²) in [7, 11) is 1.39. The first kappa shape index (κ1) is 18.2. The van der Waals surface area contributed by atoms with Gasteiger partial charge in [0.05, 0.1) is 7.11 Å². The van der Waals surface area contributed by atoms with Gasteiger partial charge >= 0.3 is 5.97 Å². The van der Waals surface area contributed by atoms with E-state index in [4.69, 9.17) is 0 Å². The number of esters is 1. The van der Waals surface area contributed by atoms with Crippen molar-refractivity contribution in [2.24, 2.45) is 0 Å². The highest BCUT2D eigenvalue weighted by Crippen LogP contribution is 2.24. The number of ether oxygens (including phenoxy) is 1. The molecule has 0 aliphatic heterocycles. The van der Waals surface area contributed by atoms with E-state index in [-0.39, 0.29) is 17.7 Å². The number of fused-ring (bicyclic) bond motifs is 1. The Morgan fingerprint density at radius 2 is 1.83 bits per heavy atom. The second-order valence-corrected chi connectivity index (χ2v) is 6.19. The third kappa shape index (κ3) is 5.48. The number of carbonyl (C=O) groups excluding carboxylic acids is 3. The molecule has 130 valence electrons. The first-order valence-corrected chi connectivity index (χ1v) is 8.63. The van der Waals surface area contributed by atoms with Gasteiger partial charge in [-0.1, -0.05) is 12.8 Å². The number of amides is 1. The minimum atomic E-state index is -0.182. The Morgan fingerprint density at radius 3 is 2.58 bits per heavy atom. The number of aryl methyl sites for hydroxylation is 1. The van der Waals surface area contributed by atoms with E-state index >= 15 is 0 Å². The van der Waals surface area contributed by atoms with Gasteiger partial charge in [-0.3, -0.25) is 14.4 Å². The van der Waals surface area contributed by atoms with Gasteiger partial charge in [0.25, 0.3) is 0 Å². The largest absolute Gasteiger partial charge is 0.469 e. The number of hydrogen-bond donors (Lipinski definition) is 1. The summed E-state index contributed by atoms with van der Waals surface area (Å²) in [5.41, 5.74) is 2.59. The normalized spacial score (nSPS) is 13.3. The zero-order valence-electron chi connectivity index (χ0n) is 14.2. The number of rotatable bonds is 8. The van der Waals surface area contributed by atoms with Crippen LogP contribution in [-0.2, 0) is 20.7 Å². The predicted octanol–water partition coefficient (Wildman–Crippen LogP) is 3.66. The molecule has 0 saturated carbocycles. The maximum Gasteiger partial charge on any atom is 0.305 e. The fraction of sp³-hybridized carbons (Fsp3) is 0.526. The molecule has 0 atom stereocenters. The molecule has 1 aliphatic carbocycles. The summed E-state index contributed by atoms with van der Waals surface area (Å²) in [5, 5.41) is 2.90. The SMILES string of the molecule is COC(=O)CCCCCCC(=O)Nc1ccc2c(c1)CCCC2=O. The Kier molecular flexibility index (Phi) is 6.97. The van der Waals surface area contributed by atoms with E-state index < -0.39 is 0 Å². The van der Waals surface area contributed by atoms with Crippen LogP contribution < -0.4 is 5.32 Å². The molecule has 0 saturated heterocycles. The molecule has 1 aromatic carbocycles. The molecule has 0 aromatic heterocycles. The summed E-state index contributed by atoms with van der Waals surface area (Å²) in [4.78, 5) is 34.7. The van der Waals surface area contributed by atoms with E-state index in [1.54, 1.807) is 6.07 Å². The number of hydrogen-bond acceptors (Lipinski definition) is 4. The van der Waals surface area contributed by atoms with Crippen molar-refractivity contribution in [2.45, 2.75) is 57.8 Å². The second-order valence-electron chi connectivity index (χ2n) is 6.19. The van der Waals surface area contributed by atoms with Crippen LogP contribution in [0, 0.1) is 0 Å². The zero-order valence-corrected chi connectivity index (χ0v) is 14.2. The number of Topliss-reactive ketones (excluding diaryl/α,β-unsaturated/α-hetero) is 1. The highest BCUT2D eigenvalue weighted by atomic mass is 16.5. The second kappa shape index (κ2) is 9.21. The first-order valence-electron chi connectivity index (χ1n) is 8.63. The monoisotopic (exact) mass is 331 g/mol. The highest BCUT2D eigenvalue weighted by Gasteiger charge is 2.17. The molecule has 24 heavy (non-hydrogen) atoms. The van der Waals surface area contributed by atoms with Crippen molar-refractivity contribution in [1.29, 1.82) is 0 Å². The average molecular weight is 331 g/mol. The molecule has 0 spiro atoms. The standard InChI is InChI=1S/C19H25NO4/c1-24-19(23)10-5-3-2-4-9-18(22)20-15-11-12-16-14(13-15)7-6-8-17(16)21/h11-13H,2-10H2,1H3,(H,20,22). The fourth-order valence-electron chi connectivity index (χ4n) is 2.96. The lowest BCUT2D eigenvalue weighted by Gasteiger charge is -2.16. The highest BCUT2D eigenvalue weighted by molar-refractivity contribution is 5.99. The molecule has 5 nitrogen and oxygen atoms in total. The Labute approximate surface area is 142 Å². The molecule has 1 N–H and O–H groups in total. The van der Waals surface area contributed by atoms with E-state index in [1.165, 1.54) is 7.11 Å². The predicted molar refractivity (Wildman–Crippen MR) is 92.1 cm³/mol. The molecule has 0 bridgehead atoms. The van der Waals surface area contributed by atoms with Crippen molar-refractivity contribution in [3.05, 3.63) is 29.3 Å². The Bertz CT molecular complexity index is 609. The van der Waals surface area contributed by atoms with Crippen molar-refractivity contribution >= 4 is 23.3 Å². The minimum Gasteiger partial charge on any atom is -0.469 e. The maximum absolute atomic E-state index is 12.0. The third-order valence-electron chi connectivity index (χ3n) is 4.30. The number of anilines is 1. The van der Waals surface area contributed by atoms with Gasteiger partial charge in [0.2, 0.25) is 5.91 Å². The minimum absolute atomic E-state index is 0.00921. The quantitative estimate of drug-likeness (QED) is 0.583. The molecule has 1 amide bonds. The lowest BCUT2D eigenvalue weighted by molar-refractivity contribution is -0.140. The number of benzene rings is 1. The molecule has 5 heteroatoms. The van der Waals surface area contributed by atoms with E-state index in [0.717, 1.165) is 55.3 Å². The maximum atomic E-state index is 12.0. The van der Waals surface area contributed by atoms with Crippen LogP contribution in [0.25, 0.3) is 0 Å². The van der Waals surface area contributed by atoms with Crippen LogP contribution in [0.4, 0.5) is 5.69 Å². The molecular weight excluding hydrogens is 306 g/mol. The Morgan fingerprint density at radius 1 is 1.08 bits per heavy atom. The summed E-state index contributed by atoms with van der Waals surface area (Å²) in [6, 6.07) is 5.54. The van der Waals surface area contributed by atoms with E-state index in [0.29, 0.717) is 19.3 Å². The summed E-state index contributed by atoms with van der Waals surface area (Å²) in [5.74, 6) is 0.00442. The van der Waals surface area contributed by atoms with Gasteiger partial charge in [-0.15, -0.1) is 0 Å². The van der Waals surface area contributed by atoms with Crippen molar-refractivity contribution in [3.63, 3.8) is 0 Å². The number of ketones is 1. The van der Waals surface area contributed by atoms with E-state index in [9.17, 15) is 14.4 Å². The van der Waals surface area contributed by atoms with Gasteiger partial charge in [0.1, 0.15) is 0 Å². The fourth-order valence-corrected chi connectivity index (χ4v) is 2.96. The third-order valence-corrected chi connectivity index (χ3v) is 4.30. The molecule has 2 rings (SSSR count). The van der Waals surface area contributed by atoms with E-state index in [2.05, 4.69) is 10.1 Å². The van der Waals surface area contributed by atoms with Crippen LogP contribution in [0.3, 0.4) is 0 Å². The van der Waals surface area contributed by atoms with Gasteiger partial charge in [0.15, 0.2) is 5.78 Å². The van der Waals surface area contributed by atoms with Gasteiger partial charge < -0.3 is 10.1 Å². The molecule has 0 radical (unpaired) electrons. The van der Waals surface area contributed by atoms with Gasteiger partial charge in [0, 0.05) is 30.5 Å². The van der Waals surface area contributed by atoms with Crippen molar-refractivity contribution in [2.75, 3.05) is 12.4 Å². The number of carbonyl (C=O) groups is 3. The van der Waals surface area contributed by atoms with Crippen LogP contribution in [-0.4, -0.2) is 24.8 Å². The summed E-state index contributed by atoms with van der Waals surface area (Å²) in [6.45, 7) is 0. The molecule has 0 heterocycles. The Balaban J connectivity index is 1.69. The summed E-state index contributed by atoms with van der Waals surface area (Å²) >= 11 is 0. The molecular formula is C19H25NO4. The van der Waals surface area contributed by atoms with E-state index in [1.807, 2.05) is 12.1 Å². The lowest BCUT2D eigenvalue weighted by atomic mass is 9.90. The van der Waals surface area contributed by atoms with Crippen molar-refractivity contribution in [3.8, 4) is 0 Å². The zero-order chi connectivity index (χ0) is 17.4. The van der Waals surface area contributed by atoms with Gasteiger partial charge in [-0.2, -0.15) is 0 Å². The Hall–Kier alpha value is -2.17. The summed E-state index contributed by atoms with van der Waals surface area (Å²) < 4.78 is 4.58. The number of unbranched alkanes of at least 4 members (excludes halogenated alkanes) is 3. The first-order chi connectivity index (χ1) is 11.6. The number of nitrogens with one attached hydrogen (secondary N) is 1. The number of methoxy groups -OCH3 is 1. The van der Waals surface area contributed by atoms with Crippen molar-refractivity contribution in [1.82, 2.24) is 0 Å². The van der Waals surface area contributed by atoms with Crippen LogP contribution in [0.15, 0.2) is 18.2 Å². The molecule has 0 fully saturated rings. The average Bonchev–Trinajstić information content (AvgIpc) is 2.57. The van der Waals surface area contributed by atoms with Crippen LogP contribution in [0.2, 0.25) is 0 Å². The smallest absolute Gasteiger partial charge is 0.305 e. The van der Waals surface area contributed by atoms with Gasteiger partial charge in [-0.25, -0.2) is 0 Å². The van der Waals surface area contributed by atoms with Crippen LogP contribution >= 0.6 is 0 Å². The topological polar surface area (TPSA) is 72.5 Å². The molecule has 1 aliphatic rings. The lowest BCUT2D eigenvalue weighted by Crippen LogP contribution is -2.14. The molecule has 1 aromatic rings. The summed E-state index contributed by atoms with van der Waals surface area (Å²) in [6.07, 6.45) is 6.75. The van der Waals surface area contributed by atoms with Crippen LogP contribution in [0.1, 0.15) is 67.3 Å². The van der Waals surface area contributed by atoms with Gasteiger partial charge in [-0.05, 0) is 49.4 Å². The van der Waals surface area contributed by atoms with Crippen molar-refractivity contribution < 1.29 is 19.1 Å². The van der Waals surface area contributed by atoms with Crippen LogP contribution in [0.5, 0.6) is 0 Å².